The Hall–Kier alpha value is -0.900. The molecular weight excluding hydrogens is 188 g/mol. The van der Waals surface area contributed by atoms with Crippen LogP contribution < -0.4 is 11.3 Å². The molecule has 0 aliphatic carbocycles. The summed E-state index contributed by atoms with van der Waals surface area (Å²) >= 11 is 0. The lowest BCUT2D eigenvalue weighted by atomic mass is 10.0. The number of aryl methyl sites for hydroxylation is 1. The summed E-state index contributed by atoms with van der Waals surface area (Å²) in [6.07, 6.45) is 0.989. The molecule has 0 saturated heterocycles. The van der Waals surface area contributed by atoms with Crippen LogP contribution in [0.3, 0.4) is 0 Å². The molecule has 0 aliphatic rings. The number of methoxy groups -OCH3 is 1. The van der Waals surface area contributed by atoms with Crippen LogP contribution in [0.2, 0.25) is 0 Å². The first-order valence-electron chi connectivity index (χ1n) is 5.22. The van der Waals surface area contributed by atoms with Gasteiger partial charge in [-0.2, -0.15) is 0 Å². The minimum atomic E-state index is 0.107. The van der Waals surface area contributed by atoms with Crippen molar-refractivity contribution in [2.24, 2.45) is 5.84 Å². The standard InChI is InChI=1S/C12H20N2O/c1-9-5-4-6-11(7-9)8-12(14-13)10(2)15-3/h4-7,10,12,14H,8,13H2,1-3H3. The van der Waals surface area contributed by atoms with Crippen molar-refractivity contribution in [3.8, 4) is 0 Å². The Morgan fingerprint density at radius 1 is 1.47 bits per heavy atom. The lowest BCUT2D eigenvalue weighted by Crippen LogP contribution is -2.45. The molecule has 0 spiro atoms. The van der Waals surface area contributed by atoms with Crippen molar-refractivity contribution < 1.29 is 4.74 Å². The van der Waals surface area contributed by atoms with Gasteiger partial charge in [0.25, 0.3) is 0 Å². The molecule has 0 saturated carbocycles. The Balaban J connectivity index is 2.66. The van der Waals surface area contributed by atoms with Crippen LogP contribution in [-0.4, -0.2) is 19.3 Å². The van der Waals surface area contributed by atoms with Gasteiger partial charge >= 0.3 is 0 Å². The highest BCUT2D eigenvalue weighted by molar-refractivity contribution is 5.23. The lowest BCUT2D eigenvalue weighted by molar-refractivity contribution is 0.0831. The van der Waals surface area contributed by atoms with Crippen LogP contribution in [0.5, 0.6) is 0 Å². The molecule has 3 nitrogen and oxygen atoms in total. The van der Waals surface area contributed by atoms with Gasteiger partial charge < -0.3 is 4.74 Å². The molecule has 3 N–H and O–H groups in total. The summed E-state index contributed by atoms with van der Waals surface area (Å²) in [6, 6.07) is 8.59. The van der Waals surface area contributed by atoms with E-state index in [2.05, 4.69) is 36.6 Å². The molecule has 1 aromatic carbocycles. The lowest BCUT2D eigenvalue weighted by Gasteiger charge is -2.22. The first-order valence-corrected chi connectivity index (χ1v) is 5.22. The van der Waals surface area contributed by atoms with E-state index in [1.54, 1.807) is 7.11 Å². The van der Waals surface area contributed by atoms with E-state index in [0.717, 1.165) is 6.42 Å². The highest BCUT2D eigenvalue weighted by atomic mass is 16.5. The fourth-order valence-corrected chi connectivity index (χ4v) is 1.62. The molecule has 15 heavy (non-hydrogen) atoms. The average molecular weight is 208 g/mol. The molecule has 0 amide bonds. The molecule has 0 aromatic heterocycles. The van der Waals surface area contributed by atoms with E-state index < -0.39 is 0 Å². The summed E-state index contributed by atoms with van der Waals surface area (Å²) in [5, 5.41) is 0. The van der Waals surface area contributed by atoms with Crippen molar-refractivity contribution in [1.82, 2.24) is 5.43 Å². The summed E-state index contributed by atoms with van der Waals surface area (Å²) in [5.41, 5.74) is 5.35. The summed E-state index contributed by atoms with van der Waals surface area (Å²) < 4.78 is 5.26. The number of hydrogen-bond acceptors (Lipinski definition) is 3. The number of hydrazine groups is 1. The van der Waals surface area contributed by atoms with Crippen LogP contribution in [0.15, 0.2) is 24.3 Å². The molecule has 0 bridgehead atoms. The second-order valence-electron chi connectivity index (χ2n) is 3.91. The van der Waals surface area contributed by atoms with Crippen molar-refractivity contribution in [3.05, 3.63) is 35.4 Å². The maximum absolute atomic E-state index is 5.51. The molecular formula is C12H20N2O. The summed E-state index contributed by atoms with van der Waals surface area (Å²) in [7, 11) is 1.70. The summed E-state index contributed by atoms with van der Waals surface area (Å²) in [5.74, 6) is 5.51. The van der Waals surface area contributed by atoms with Gasteiger partial charge in [-0.1, -0.05) is 29.8 Å². The summed E-state index contributed by atoms with van der Waals surface area (Å²) in [6.45, 7) is 4.11. The number of nitrogens with two attached hydrogens (primary N) is 1. The topological polar surface area (TPSA) is 47.3 Å². The van der Waals surface area contributed by atoms with Gasteiger partial charge in [0.2, 0.25) is 0 Å². The predicted octanol–water partition coefficient (Wildman–Crippen LogP) is 1.40. The Bertz CT molecular complexity index is 301. The van der Waals surface area contributed by atoms with Crippen LogP contribution in [-0.2, 0) is 11.2 Å². The van der Waals surface area contributed by atoms with Crippen LogP contribution in [0, 0.1) is 6.92 Å². The Labute approximate surface area is 91.6 Å². The van der Waals surface area contributed by atoms with Crippen LogP contribution >= 0.6 is 0 Å². The van der Waals surface area contributed by atoms with Gasteiger partial charge in [-0.05, 0) is 25.8 Å². The number of nitrogens with one attached hydrogen (secondary N) is 1. The highest BCUT2D eigenvalue weighted by Gasteiger charge is 2.15. The van der Waals surface area contributed by atoms with Gasteiger partial charge in [-0.15, -0.1) is 0 Å². The molecule has 1 rings (SSSR count). The third-order valence-electron chi connectivity index (χ3n) is 2.69. The van der Waals surface area contributed by atoms with E-state index in [1.165, 1.54) is 11.1 Å². The van der Waals surface area contributed by atoms with Crippen molar-refractivity contribution >= 4 is 0 Å². The molecule has 0 radical (unpaired) electrons. The third-order valence-corrected chi connectivity index (χ3v) is 2.69. The zero-order valence-corrected chi connectivity index (χ0v) is 9.66. The molecule has 84 valence electrons. The minimum absolute atomic E-state index is 0.107. The van der Waals surface area contributed by atoms with Gasteiger partial charge in [-0.3, -0.25) is 11.3 Å². The first kappa shape index (κ1) is 12.2. The van der Waals surface area contributed by atoms with Crippen molar-refractivity contribution in [1.29, 1.82) is 0 Å². The number of ether oxygens (including phenoxy) is 1. The zero-order chi connectivity index (χ0) is 11.3. The second-order valence-corrected chi connectivity index (χ2v) is 3.91. The maximum atomic E-state index is 5.51. The van der Waals surface area contributed by atoms with Gasteiger partial charge in [0, 0.05) is 7.11 Å². The maximum Gasteiger partial charge on any atom is 0.0712 e. The molecule has 3 heteroatoms. The van der Waals surface area contributed by atoms with E-state index in [9.17, 15) is 0 Å². The Kier molecular flexibility index (Phi) is 4.75. The quantitative estimate of drug-likeness (QED) is 0.568. The van der Waals surface area contributed by atoms with E-state index in [1.807, 2.05) is 6.92 Å². The van der Waals surface area contributed by atoms with Crippen molar-refractivity contribution in [2.75, 3.05) is 7.11 Å². The SMILES string of the molecule is COC(C)C(Cc1cccc(C)c1)NN. The van der Waals surface area contributed by atoms with Gasteiger partial charge in [-0.25, -0.2) is 0 Å². The Morgan fingerprint density at radius 3 is 2.73 bits per heavy atom. The molecule has 0 aliphatic heterocycles. The molecule has 1 aromatic rings. The average Bonchev–Trinajstić information content (AvgIpc) is 2.25. The van der Waals surface area contributed by atoms with Crippen LogP contribution in [0.25, 0.3) is 0 Å². The zero-order valence-electron chi connectivity index (χ0n) is 9.66. The number of hydrogen-bond donors (Lipinski definition) is 2. The van der Waals surface area contributed by atoms with E-state index in [-0.39, 0.29) is 12.1 Å². The third kappa shape index (κ3) is 3.63. The fraction of sp³-hybridized carbons (Fsp3) is 0.500. The van der Waals surface area contributed by atoms with E-state index >= 15 is 0 Å². The summed E-state index contributed by atoms with van der Waals surface area (Å²) in [4.78, 5) is 0. The minimum Gasteiger partial charge on any atom is -0.380 e. The first-order chi connectivity index (χ1) is 7.17. The molecule has 0 fully saturated rings. The molecule has 2 atom stereocenters. The van der Waals surface area contributed by atoms with Gasteiger partial charge in [0.05, 0.1) is 12.1 Å². The predicted molar refractivity (Wildman–Crippen MR) is 62.5 cm³/mol. The second kappa shape index (κ2) is 5.85. The normalized spacial score (nSPS) is 14.9. The monoisotopic (exact) mass is 208 g/mol. The van der Waals surface area contributed by atoms with Gasteiger partial charge in [0.1, 0.15) is 0 Å². The smallest absolute Gasteiger partial charge is 0.0712 e. The van der Waals surface area contributed by atoms with Crippen molar-refractivity contribution in [3.63, 3.8) is 0 Å². The Morgan fingerprint density at radius 2 is 2.20 bits per heavy atom. The number of rotatable bonds is 5. The fourth-order valence-electron chi connectivity index (χ4n) is 1.62. The van der Waals surface area contributed by atoms with Crippen LogP contribution in [0.1, 0.15) is 18.1 Å². The van der Waals surface area contributed by atoms with E-state index in [4.69, 9.17) is 10.6 Å². The van der Waals surface area contributed by atoms with Crippen LogP contribution in [0.4, 0.5) is 0 Å². The molecule has 0 heterocycles. The van der Waals surface area contributed by atoms with Crippen molar-refractivity contribution in [2.45, 2.75) is 32.4 Å². The largest absolute Gasteiger partial charge is 0.380 e. The highest BCUT2D eigenvalue weighted by Crippen LogP contribution is 2.09. The van der Waals surface area contributed by atoms with Gasteiger partial charge in [0.15, 0.2) is 0 Å². The molecule has 2 unspecified atom stereocenters. The number of benzene rings is 1. The van der Waals surface area contributed by atoms with E-state index in [0.29, 0.717) is 0 Å².